The first-order chi connectivity index (χ1) is 19.4. The lowest BCUT2D eigenvalue weighted by Gasteiger charge is -2.58. The van der Waals surface area contributed by atoms with Gasteiger partial charge in [0, 0.05) is 0 Å². The Kier molecular flexibility index (Phi) is 9.51. The molecule has 0 aromatic rings. The van der Waals surface area contributed by atoms with Crippen LogP contribution >= 0.6 is 0 Å². The van der Waals surface area contributed by atoms with Gasteiger partial charge in [-0.2, -0.15) is 0 Å². The molecule has 4 fully saturated rings. The van der Waals surface area contributed by atoms with Gasteiger partial charge in [-0.3, -0.25) is 0 Å². The Hall–Kier alpha value is -0.760. The molecule has 0 bridgehead atoms. The zero-order valence-corrected chi connectivity index (χ0v) is 26.5. The molecule has 0 aromatic heterocycles. The van der Waals surface area contributed by atoms with Crippen LogP contribution in [-0.2, 0) is 9.47 Å². The maximum Gasteiger partial charge on any atom is 0.186 e. The van der Waals surface area contributed by atoms with Crippen LogP contribution in [0.2, 0.25) is 0 Å². The third-order valence-corrected chi connectivity index (χ3v) is 13.0. The van der Waals surface area contributed by atoms with E-state index in [9.17, 15) is 20.4 Å². The van der Waals surface area contributed by atoms with Crippen molar-refractivity contribution in [2.24, 2.45) is 46.3 Å². The van der Waals surface area contributed by atoms with Crippen molar-refractivity contribution >= 4 is 0 Å². The molecule has 0 spiro atoms. The van der Waals surface area contributed by atoms with Crippen molar-refractivity contribution in [2.45, 2.75) is 143 Å². The Morgan fingerprint density at radius 1 is 1.02 bits per heavy atom. The van der Waals surface area contributed by atoms with Crippen LogP contribution in [0.3, 0.4) is 0 Å². The van der Waals surface area contributed by atoms with E-state index >= 15 is 0 Å². The molecule has 3 unspecified atom stereocenters. The minimum Gasteiger partial charge on any atom is -0.394 e. The largest absolute Gasteiger partial charge is 0.394 e. The van der Waals surface area contributed by atoms with Gasteiger partial charge in [0.15, 0.2) is 6.29 Å². The minimum absolute atomic E-state index is 0.106. The van der Waals surface area contributed by atoms with E-state index in [0.717, 1.165) is 48.9 Å². The summed E-state index contributed by atoms with van der Waals surface area (Å²) in [6.07, 6.45) is 10.6. The van der Waals surface area contributed by atoms with Gasteiger partial charge in [0.1, 0.15) is 24.4 Å². The van der Waals surface area contributed by atoms with Gasteiger partial charge in [0.25, 0.3) is 0 Å². The highest BCUT2D eigenvalue weighted by atomic mass is 16.7. The highest BCUT2D eigenvalue weighted by Gasteiger charge is 2.59. The molecule has 3 saturated carbocycles. The monoisotopic (exact) mass is 574 g/mol. The first kappa shape index (κ1) is 31.7. The normalized spacial score (nSPS) is 47.4. The zero-order chi connectivity index (χ0) is 29.7. The number of hydrogen-bond acceptors (Lipinski definition) is 6. The summed E-state index contributed by atoms with van der Waals surface area (Å²) < 4.78 is 11.9. The molecule has 1 saturated heterocycles. The first-order valence-corrected chi connectivity index (χ1v) is 16.7. The quantitative estimate of drug-likeness (QED) is 0.275. The van der Waals surface area contributed by atoms with Crippen LogP contribution in [-0.4, -0.2) is 63.8 Å². The molecule has 5 aliphatic rings. The highest BCUT2D eigenvalue weighted by Crippen LogP contribution is 2.67. The Labute approximate surface area is 248 Å². The van der Waals surface area contributed by atoms with Crippen LogP contribution in [0.15, 0.2) is 23.3 Å². The number of ether oxygens (including phenoxy) is 2. The van der Waals surface area contributed by atoms with Crippen LogP contribution in [0, 0.1) is 46.3 Å². The van der Waals surface area contributed by atoms with Gasteiger partial charge >= 0.3 is 0 Å². The number of aliphatic hydroxyl groups is 4. The van der Waals surface area contributed by atoms with Crippen LogP contribution in [0.25, 0.3) is 0 Å². The summed E-state index contributed by atoms with van der Waals surface area (Å²) in [6, 6.07) is 0. The fourth-order valence-corrected chi connectivity index (χ4v) is 10.5. The number of aliphatic hydroxyl groups excluding tert-OH is 4. The van der Waals surface area contributed by atoms with Crippen molar-refractivity contribution in [3.63, 3.8) is 0 Å². The van der Waals surface area contributed by atoms with E-state index < -0.39 is 37.3 Å². The van der Waals surface area contributed by atoms with Gasteiger partial charge < -0.3 is 29.9 Å². The van der Waals surface area contributed by atoms with Gasteiger partial charge in [-0.25, -0.2) is 0 Å². The molecule has 234 valence electrons. The summed E-state index contributed by atoms with van der Waals surface area (Å²) in [4.78, 5) is 0. The molecule has 0 radical (unpaired) electrons. The maximum atomic E-state index is 10.5. The van der Waals surface area contributed by atoms with Crippen molar-refractivity contribution in [3.8, 4) is 0 Å². The summed E-state index contributed by atoms with van der Waals surface area (Å²) in [5, 5.41) is 40.4. The van der Waals surface area contributed by atoms with E-state index in [4.69, 9.17) is 9.47 Å². The fraction of sp³-hybridized carbons (Fsp3) is 0.886. The third-order valence-electron chi connectivity index (χ3n) is 13.0. The van der Waals surface area contributed by atoms with E-state index in [1.54, 1.807) is 5.57 Å². The van der Waals surface area contributed by atoms with E-state index in [1.807, 2.05) is 0 Å². The van der Waals surface area contributed by atoms with Crippen LogP contribution in [0.1, 0.15) is 106 Å². The molecule has 4 aliphatic carbocycles. The van der Waals surface area contributed by atoms with Crippen LogP contribution in [0.4, 0.5) is 0 Å². The molecular weight excluding hydrogens is 516 g/mol. The van der Waals surface area contributed by atoms with E-state index in [2.05, 4.69) is 53.7 Å². The number of rotatable bonds is 8. The van der Waals surface area contributed by atoms with Crippen LogP contribution in [0.5, 0.6) is 0 Å². The third kappa shape index (κ3) is 5.64. The standard InChI is InChI=1S/C35H58O6/c1-7-22(20(2)3)9-8-21(4)26-12-13-27-25-11-10-23-18-24(14-16-34(23,5)28(25)15-17-35(26,27)6)40-33-32(39)31(38)30(37)29(19-36)41-33/h7,10,20-21,24-33,36-39H,8-9,11-19H2,1-6H3/b22-7+/t21-,24+,25+,26-,27+,28+,29?,30-,31?,32?,33-,34+,35-/m1/s1. The van der Waals surface area contributed by atoms with Crippen molar-refractivity contribution in [1.29, 1.82) is 0 Å². The van der Waals surface area contributed by atoms with Gasteiger partial charge in [-0.1, -0.05) is 57.9 Å². The molecule has 13 atom stereocenters. The van der Waals surface area contributed by atoms with Crippen molar-refractivity contribution in [1.82, 2.24) is 0 Å². The lowest BCUT2D eigenvalue weighted by atomic mass is 9.47. The average molecular weight is 575 g/mol. The molecule has 4 N–H and O–H groups in total. The second kappa shape index (κ2) is 12.3. The van der Waals surface area contributed by atoms with Gasteiger partial charge in [0.2, 0.25) is 0 Å². The van der Waals surface area contributed by atoms with Gasteiger partial charge in [-0.15, -0.1) is 0 Å². The average Bonchev–Trinajstić information content (AvgIpc) is 3.30. The fourth-order valence-electron chi connectivity index (χ4n) is 10.5. The molecule has 0 amide bonds. The predicted octanol–water partition coefficient (Wildman–Crippen LogP) is 5.77. The number of allylic oxidation sites excluding steroid dienone is 3. The molecule has 6 nitrogen and oxygen atoms in total. The van der Waals surface area contributed by atoms with E-state index in [1.165, 1.54) is 50.5 Å². The van der Waals surface area contributed by atoms with Crippen molar-refractivity contribution in [3.05, 3.63) is 23.3 Å². The Morgan fingerprint density at radius 3 is 2.46 bits per heavy atom. The number of fused-ring (bicyclic) bond motifs is 5. The zero-order valence-electron chi connectivity index (χ0n) is 26.5. The summed E-state index contributed by atoms with van der Waals surface area (Å²) in [7, 11) is 0. The molecule has 0 aromatic carbocycles. The Morgan fingerprint density at radius 2 is 1.78 bits per heavy atom. The lowest BCUT2D eigenvalue weighted by Crippen LogP contribution is -2.60. The minimum atomic E-state index is -1.40. The summed E-state index contributed by atoms with van der Waals surface area (Å²) in [6.45, 7) is 14.1. The Balaban J connectivity index is 1.24. The van der Waals surface area contributed by atoms with Gasteiger partial charge in [0.05, 0.1) is 12.7 Å². The topological polar surface area (TPSA) is 99.4 Å². The highest BCUT2D eigenvalue weighted by molar-refractivity contribution is 5.25. The summed E-state index contributed by atoms with van der Waals surface area (Å²) in [5.74, 6) is 4.56. The molecule has 5 rings (SSSR count). The molecular formula is C35H58O6. The predicted molar refractivity (Wildman–Crippen MR) is 161 cm³/mol. The SMILES string of the molecule is C/C=C(\CC[C@@H](C)[C@H]1CC[C@H]2[C@@H]3CC=C4C[C@@H](O[C@@H]5OC(CO)[C@@H](O)C(O)C5O)CC[C@]4(C)[C@H]3CC[C@]12C)C(C)C. The van der Waals surface area contributed by atoms with E-state index in [0.29, 0.717) is 11.3 Å². The van der Waals surface area contributed by atoms with Crippen molar-refractivity contribution in [2.75, 3.05) is 6.61 Å². The summed E-state index contributed by atoms with van der Waals surface area (Å²) >= 11 is 0. The maximum absolute atomic E-state index is 10.5. The summed E-state index contributed by atoms with van der Waals surface area (Å²) in [5.41, 5.74) is 3.77. The molecule has 1 heterocycles. The molecule has 1 aliphatic heterocycles. The second-order valence-electron chi connectivity index (χ2n) is 15.2. The van der Waals surface area contributed by atoms with E-state index in [-0.39, 0.29) is 11.5 Å². The second-order valence-corrected chi connectivity index (χ2v) is 15.2. The number of hydrogen-bond donors (Lipinski definition) is 4. The van der Waals surface area contributed by atoms with Crippen molar-refractivity contribution < 1.29 is 29.9 Å². The smallest absolute Gasteiger partial charge is 0.186 e. The van der Waals surface area contributed by atoms with Crippen LogP contribution < -0.4 is 0 Å². The lowest BCUT2D eigenvalue weighted by molar-refractivity contribution is -0.313. The Bertz CT molecular complexity index is 974. The van der Waals surface area contributed by atoms with Gasteiger partial charge in [-0.05, 0) is 117 Å². The first-order valence-electron chi connectivity index (χ1n) is 16.7. The molecule has 6 heteroatoms. The molecule has 41 heavy (non-hydrogen) atoms.